The summed E-state index contributed by atoms with van der Waals surface area (Å²) >= 11 is 0. The summed E-state index contributed by atoms with van der Waals surface area (Å²) < 4.78 is 110. The molecule has 0 atom stereocenters. The van der Waals surface area contributed by atoms with Crippen molar-refractivity contribution >= 4 is 20.0 Å². The third kappa shape index (κ3) is 10.3. The number of hydrogen-bond acceptors (Lipinski definition) is 4. The van der Waals surface area contributed by atoms with Gasteiger partial charge in [0.2, 0.25) is 0 Å². The number of halogens is 6. The van der Waals surface area contributed by atoms with Crippen LogP contribution in [0, 0.1) is 0 Å². The number of rotatable bonds is 11. The average molecular weight is 509 g/mol. The molecule has 14 heteroatoms. The maximum Gasteiger partial charge on any atom is 0.480 e. The van der Waals surface area contributed by atoms with E-state index in [-0.39, 0.29) is 0 Å². The molecular formula is C17H34F6N2O4S2. The van der Waals surface area contributed by atoms with Crippen molar-refractivity contribution in [3.8, 4) is 0 Å². The van der Waals surface area contributed by atoms with Crippen LogP contribution in [0.3, 0.4) is 0 Å². The summed E-state index contributed by atoms with van der Waals surface area (Å²) in [7, 11) is -13.4. The topological polar surface area (TPSA) is 82.4 Å². The SMILES string of the molecule is CCCCCCC[N+](CC)(C(C)C)C(C)C.O=S(=O)([N-]S(=O)(=O)C(F)(F)F)C(F)(F)F. The fraction of sp³-hybridized carbons (Fsp3) is 1.00. The number of alkyl halides is 6. The van der Waals surface area contributed by atoms with Gasteiger partial charge in [0.05, 0.1) is 25.2 Å². The van der Waals surface area contributed by atoms with Gasteiger partial charge in [-0.05, 0) is 47.5 Å². The van der Waals surface area contributed by atoms with Crippen LogP contribution in [0.1, 0.15) is 73.6 Å². The molecule has 31 heavy (non-hydrogen) atoms. The van der Waals surface area contributed by atoms with Gasteiger partial charge in [0.1, 0.15) is 0 Å². The Morgan fingerprint density at radius 2 is 1.06 bits per heavy atom. The van der Waals surface area contributed by atoms with Crippen LogP contribution in [0.15, 0.2) is 0 Å². The quantitative estimate of drug-likeness (QED) is 0.205. The molecule has 0 spiro atoms. The molecule has 0 aromatic rings. The van der Waals surface area contributed by atoms with E-state index in [1.54, 1.807) is 0 Å². The Kier molecular flexibility index (Phi) is 13.2. The number of unbranched alkanes of at least 4 members (excludes halogenated alkanes) is 4. The van der Waals surface area contributed by atoms with E-state index in [2.05, 4.69) is 41.5 Å². The molecule has 0 aromatic heterocycles. The van der Waals surface area contributed by atoms with Crippen molar-refractivity contribution in [2.24, 2.45) is 0 Å². The zero-order chi connectivity index (χ0) is 25.3. The molecule has 0 aliphatic heterocycles. The van der Waals surface area contributed by atoms with Gasteiger partial charge < -0.3 is 8.61 Å². The lowest BCUT2D eigenvalue weighted by atomic mass is 10.1. The highest BCUT2D eigenvalue weighted by molar-refractivity contribution is 8.13. The van der Waals surface area contributed by atoms with Gasteiger partial charge in [-0.15, -0.1) is 0 Å². The summed E-state index contributed by atoms with van der Waals surface area (Å²) in [4.78, 5) is 0. The van der Waals surface area contributed by atoms with Crippen LogP contribution in [0.2, 0.25) is 0 Å². The van der Waals surface area contributed by atoms with Crippen LogP contribution in [-0.2, 0) is 20.0 Å². The molecule has 0 saturated heterocycles. The molecule has 0 aromatic carbocycles. The largest absolute Gasteiger partial charge is 0.480 e. The molecule has 190 valence electrons. The summed E-state index contributed by atoms with van der Waals surface area (Å²) in [6.45, 7) is 16.8. The first kappa shape index (κ1) is 32.6. The Morgan fingerprint density at radius 3 is 1.32 bits per heavy atom. The van der Waals surface area contributed by atoms with Crippen molar-refractivity contribution in [2.75, 3.05) is 13.1 Å². The zero-order valence-corrected chi connectivity index (χ0v) is 20.3. The number of quaternary nitrogens is 1. The Bertz CT molecular complexity index is 668. The summed E-state index contributed by atoms with van der Waals surface area (Å²) in [6.07, 6.45) is 7.02. The van der Waals surface area contributed by atoms with Crippen molar-refractivity contribution in [3.63, 3.8) is 0 Å². The van der Waals surface area contributed by atoms with Gasteiger partial charge in [-0.1, -0.05) is 26.2 Å². The van der Waals surface area contributed by atoms with E-state index in [1.165, 1.54) is 49.7 Å². The fourth-order valence-corrected chi connectivity index (χ4v) is 4.93. The third-order valence-electron chi connectivity index (χ3n) is 5.10. The van der Waals surface area contributed by atoms with Gasteiger partial charge in [0.25, 0.3) is 0 Å². The molecule has 6 nitrogen and oxygen atoms in total. The molecule has 0 bridgehead atoms. The van der Waals surface area contributed by atoms with Gasteiger partial charge in [-0.3, -0.25) is 0 Å². The summed E-state index contributed by atoms with van der Waals surface area (Å²) in [6, 6.07) is 1.52. The molecule has 0 fully saturated rings. The predicted molar refractivity (Wildman–Crippen MR) is 108 cm³/mol. The molecule has 0 radical (unpaired) electrons. The second-order valence-corrected chi connectivity index (χ2v) is 11.1. The van der Waals surface area contributed by atoms with Crippen molar-refractivity contribution in [2.45, 2.75) is 96.7 Å². The van der Waals surface area contributed by atoms with Crippen molar-refractivity contribution in [3.05, 3.63) is 4.13 Å². The van der Waals surface area contributed by atoms with Crippen LogP contribution in [-0.4, -0.2) is 57.5 Å². The molecule has 0 rings (SSSR count). The van der Waals surface area contributed by atoms with Gasteiger partial charge in [0.15, 0.2) is 20.0 Å². The summed E-state index contributed by atoms with van der Waals surface area (Å²) in [5, 5.41) is 0. The van der Waals surface area contributed by atoms with E-state index in [0.717, 1.165) is 16.2 Å². The minimum atomic E-state index is -6.72. The van der Waals surface area contributed by atoms with E-state index in [4.69, 9.17) is 0 Å². The number of hydrogen-bond donors (Lipinski definition) is 0. The zero-order valence-electron chi connectivity index (χ0n) is 18.7. The molecular weight excluding hydrogens is 474 g/mol. The van der Waals surface area contributed by atoms with E-state index in [0.29, 0.717) is 0 Å². The van der Waals surface area contributed by atoms with Crippen LogP contribution in [0.25, 0.3) is 4.13 Å². The molecule has 0 saturated carbocycles. The van der Waals surface area contributed by atoms with Crippen LogP contribution in [0.4, 0.5) is 26.3 Å². The summed E-state index contributed by atoms with van der Waals surface area (Å²) in [5.41, 5.74) is -12.4. The van der Waals surface area contributed by atoms with E-state index < -0.39 is 31.1 Å². The fourth-order valence-electron chi connectivity index (χ4n) is 3.22. The highest BCUT2D eigenvalue weighted by Crippen LogP contribution is 2.36. The van der Waals surface area contributed by atoms with Gasteiger partial charge in [-0.25, -0.2) is 16.8 Å². The predicted octanol–water partition coefficient (Wildman–Crippen LogP) is 5.67. The van der Waals surface area contributed by atoms with Gasteiger partial charge in [0, 0.05) is 0 Å². The smallest absolute Gasteiger partial charge is 0.421 e. The van der Waals surface area contributed by atoms with Crippen molar-refractivity contribution < 1.29 is 47.7 Å². The minimum absolute atomic E-state index is 0.760. The second-order valence-electron chi connectivity index (χ2n) is 7.66. The third-order valence-corrected chi connectivity index (χ3v) is 7.84. The normalized spacial score (nSPS) is 14.0. The molecule has 0 amide bonds. The lowest BCUT2D eigenvalue weighted by Gasteiger charge is -2.45. The Balaban J connectivity index is 0. The monoisotopic (exact) mass is 508 g/mol. The Hall–Kier alpha value is -0.600. The van der Waals surface area contributed by atoms with Gasteiger partial charge >= 0.3 is 11.0 Å². The summed E-state index contributed by atoms with van der Waals surface area (Å²) in [5.74, 6) is 0. The molecule has 0 heterocycles. The van der Waals surface area contributed by atoms with Crippen LogP contribution < -0.4 is 0 Å². The lowest BCUT2D eigenvalue weighted by Crippen LogP contribution is -2.58. The standard InChI is InChI=1S/C15H34N.C2F6NO4S2/c1-7-9-10-11-12-13-16(8-2,14(3)4)15(5)6;3-1(4,5)14(10,11)9-15(12,13)2(6,7)8/h14-15H,7-13H2,1-6H3;/q+1;-1. The first-order chi connectivity index (χ1) is 13.7. The number of nitrogens with zero attached hydrogens (tertiary/aromatic N) is 2. The van der Waals surface area contributed by atoms with Crippen LogP contribution >= 0.6 is 0 Å². The lowest BCUT2D eigenvalue weighted by molar-refractivity contribution is -0.965. The minimum Gasteiger partial charge on any atom is -0.421 e. The Labute approximate surface area is 182 Å². The average Bonchev–Trinajstić information content (AvgIpc) is 2.55. The van der Waals surface area contributed by atoms with E-state index in [9.17, 15) is 43.2 Å². The molecule has 0 aliphatic carbocycles. The van der Waals surface area contributed by atoms with Crippen molar-refractivity contribution in [1.82, 2.24) is 0 Å². The van der Waals surface area contributed by atoms with E-state index in [1.807, 2.05) is 0 Å². The van der Waals surface area contributed by atoms with E-state index >= 15 is 0 Å². The molecule has 0 aliphatic rings. The van der Waals surface area contributed by atoms with Crippen molar-refractivity contribution in [1.29, 1.82) is 0 Å². The van der Waals surface area contributed by atoms with Gasteiger partial charge in [-0.2, -0.15) is 26.3 Å². The number of sulfonamides is 2. The molecule has 0 unspecified atom stereocenters. The highest BCUT2D eigenvalue weighted by atomic mass is 32.3. The second kappa shape index (κ2) is 12.6. The first-order valence-electron chi connectivity index (χ1n) is 9.95. The highest BCUT2D eigenvalue weighted by Gasteiger charge is 2.46. The maximum atomic E-state index is 11.4. The molecule has 0 N–H and O–H groups in total. The Morgan fingerprint density at radius 1 is 0.710 bits per heavy atom. The first-order valence-corrected chi connectivity index (χ1v) is 12.8. The van der Waals surface area contributed by atoms with Crippen LogP contribution in [0.5, 0.6) is 0 Å². The maximum absolute atomic E-state index is 11.4.